The maximum absolute atomic E-state index is 14.0. The summed E-state index contributed by atoms with van der Waals surface area (Å²) in [4.78, 5) is 31.0. The van der Waals surface area contributed by atoms with E-state index in [4.69, 9.17) is 21.1 Å². The lowest BCUT2D eigenvalue weighted by atomic mass is 9.85. The van der Waals surface area contributed by atoms with E-state index in [9.17, 15) is 9.59 Å². The van der Waals surface area contributed by atoms with Crippen LogP contribution in [0.25, 0.3) is 0 Å². The molecule has 33 heavy (non-hydrogen) atoms. The van der Waals surface area contributed by atoms with Gasteiger partial charge in [0.05, 0.1) is 14.2 Å². The second-order valence-electron chi connectivity index (χ2n) is 8.98. The van der Waals surface area contributed by atoms with Gasteiger partial charge in [-0.25, -0.2) is 0 Å². The molecule has 1 unspecified atom stereocenters. The number of hydrogen-bond donors (Lipinski definition) is 0. The molecule has 0 N–H and O–H groups in total. The number of carbonyl (C=O) groups is 2. The number of benzene rings is 2. The molecule has 2 aliphatic rings. The van der Waals surface area contributed by atoms with Gasteiger partial charge in [0.25, 0.3) is 5.91 Å². The number of halogens is 1. The average Bonchev–Trinajstić information content (AvgIpc) is 2.82. The molecule has 2 fully saturated rings. The van der Waals surface area contributed by atoms with Crippen molar-refractivity contribution in [3.63, 3.8) is 0 Å². The van der Waals surface area contributed by atoms with E-state index < -0.39 is 6.04 Å². The second kappa shape index (κ2) is 10.0. The number of ether oxygens (including phenoxy) is 2. The number of piperazine rings is 1. The highest BCUT2D eigenvalue weighted by Gasteiger charge is 2.44. The lowest BCUT2D eigenvalue weighted by molar-refractivity contribution is -0.160. The Labute approximate surface area is 200 Å². The summed E-state index contributed by atoms with van der Waals surface area (Å²) in [6.07, 6.45) is 3.98. The number of rotatable bonds is 6. The normalized spacial score (nSPS) is 23.6. The van der Waals surface area contributed by atoms with Gasteiger partial charge < -0.3 is 19.3 Å². The summed E-state index contributed by atoms with van der Waals surface area (Å²) < 4.78 is 11.1. The molecule has 6 nitrogen and oxygen atoms in total. The zero-order valence-electron chi connectivity index (χ0n) is 19.4. The van der Waals surface area contributed by atoms with Gasteiger partial charge >= 0.3 is 0 Å². The van der Waals surface area contributed by atoms with Gasteiger partial charge in [-0.05, 0) is 49.3 Å². The standard InChI is InChI=1S/C26H31ClN2O4/c1-17-11-13-19(14-12-17)28-16-23(30)29(15-18-7-4-5-9-21(18)27)24(26(28)31)20-8-6-10-22(32-2)25(20)33-3/h4-10,17,19,24H,11-16H2,1-3H3. The Morgan fingerprint density at radius 2 is 1.70 bits per heavy atom. The summed E-state index contributed by atoms with van der Waals surface area (Å²) in [5, 5.41) is 0.567. The van der Waals surface area contributed by atoms with Gasteiger partial charge in [-0.15, -0.1) is 0 Å². The van der Waals surface area contributed by atoms with Crippen LogP contribution < -0.4 is 9.47 Å². The molecule has 1 aliphatic heterocycles. The van der Waals surface area contributed by atoms with Crippen LogP contribution in [0.1, 0.15) is 49.8 Å². The molecule has 1 saturated carbocycles. The second-order valence-corrected chi connectivity index (χ2v) is 9.39. The van der Waals surface area contributed by atoms with E-state index in [0.717, 1.165) is 31.2 Å². The zero-order valence-corrected chi connectivity index (χ0v) is 20.2. The first-order valence-corrected chi connectivity index (χ1v) is 11.9. The lowest BCUT2D eigenvalue weighted by Gasteiger charge is -2.45. The van der Waals surface area contributed by atoms with Gasteiger partial charge in [0, 0.05) is 23.2 Å². The van der Waals surface area contributed by atoms with E-state index in [0.29, 0.717) is 28.0 Å². The highest BCUT2D eigenvalue weighted by Crippen LogP contribution is 2.41. The van der Waals surface area contributed by atoms with Gasteiger partial charge in [0.1, 0.15) is 12.6 Å². The van der Waals surface area contributed by atoms with Gasteiger partial charge in [-0.3, -0.25) is 9.59 Å². The predicted octanol–water partition coefficient (Wildman–Crippen LogP) is 4.85. The van der Waals surface area contributed by atoms with Gasteiger partial charge in [-0.2, -0.15) is 0 Å². The summed E-state index contributed by atoms with van der Waals surface area (Å²) in [6.45, 7) is 2.57. The maximum atomic E-state index is 14.0. The molecule has 1 heterocycles. The Bertz CT molecular complexity index is 1020. The number of nitrogens with zero attached hydrogens (tertiary/aromatic N) is 2. The lowest BCUT2D eigenvalue weighted by Crippen LogP contribution is -2.58. The van der Waals surface area contributed by atoms with Crippen LogP contribution in [0.3, 0.4) is 0 Å². The third-order valence-electron chi connectivity index (χ3n) is 6.91. The van der Waals surface area contributed by atoms with Crippen molar-refractivity contribution in [3.05, 3.63) is 58.6 Å². The van der Waals surface area contributed by atoms with Gasteiger partial charge in [-0.1, -0.05) is 48.9 Å². The van der Waals surface area contributed by atoms with Crippen LogP contribution in [0.15, 0.2) is 42.5 Å². The van der Waals surface area contributed by atoms with Gasteiger partial charge in [0.2, 0.25) is 5.91 Å². The number of carbonyl (C=O) groups excluding carboxylic acids is 2. The summed E-state index contributed by atoms with van der Waals surface area (Å²) >= 11 is 6.41. The fourth-order valence-corrected chi connectivity index (χ4v) is 5.23. The number of amides is 2. The monoisotopic (exact) mass is 470 g/mol. The van der Waals surface area contributed by atoms with Crippen molar-refractivity contribution in [1.82, 2.24) is 9.80 Å². The maximum Gasteiger partial charge on any atom is 0.250 e. The van der Waals surface area contributed by atoms with Crippen molar-refractivity contribution < 1.29 is 19.1 Å². The number of hydrogen-bond acceptors (Lipinski definition) is 4. The quantitative estimate of drug-likeness (QED) is 0.605. The molecule has 4 rings (SSSR count). The third kappa shape index (κ3) is 4.67. The van der Waals surface area contributed by atoms with Crippen LogP contribution in [-0.4, -0.2) is 48.4 Å². The molecule has 2 aromatic carbocycles. The van der Waals surface area contributed by atoms with Crippen LogP contribution in [-0.2, 0) is 16.1 Å². The smallest absolute Gasteiger partial charge is 0.250 e. The Morgan fingerprint density at radius 3 is 2.36 bits per heavy atom. The summed E-state index contributed by atoms with van der Waals surface area (Å²) in [5.41, 5.74) is 1.42. The minimum Gasteiger partial charge on any atom is -0.493 e. The van der Waals surface area contributed by atoms with E-state index in [-0.39, 0.29) is 30.9 Å². The van der Waals surface area contributed by atoms with Crippen molar-refractivity contribution in [2.45, 2.75) is 51.2 Å². The number of methoxy groups -OCH3 is 2. The average molecular weight is 471 g/mol. The molecular formula is C26H31ClN2O4. The summed E-state index contributed by atoms with van der Waals surface area (Å²) in [7, 11) is 3.11. The summed E-state index contributed by atoms with van der Waals surface area (Å²) in [5.74, 6) is 1.48. The van der Waals surface area contributed by atoms with Crippen LogP contribution in [0, 0.1) is 5.92 Å². The molecule has 2 amide bonds. The molecule has 7 heteroatoms. The molecule has 0 radical (unpaired) electrons. The van der Waals surface area contributed by atoms with Crippen LogP contribution >= 0.6 is 11.6 Å². The molecule has 0 bridgehead atoms. The van der Waals surface area contributed by atoms with E-state index in [1.165, 1.54) is 0 Å². The topological polar surface area (TPSA) is 59.1 Å². The van der Waals surface area contributed by atoms with E-state index >= 15 is 0 Å². The Kier molecular flexibility index (Phi) is 7.13. The summed E-state index contributed by atoms with van der Waals surface area (Å²) in [6, 6.07) is 12.1. The number of para-hydroxylation sites is 1. The van der Waals surface area contributed by atoms with E-state index in [1.807, 2.05) is 30.3 Å². The first kappa shape index (κ1) is 23.4. The van der Waals surface area contributed by atoms with Gasteiger partial charge in [0.15, 0.2) is 11.5 Å². The van der Waals surface area contributed by atoms with Crippen molar-refractivity contribution >= 4 is 23.4 Å². The third-order valence-corrected chi connectivity index (χ3v) is 7.28. The SMILES string of the molecule is COc1cccc(C2C(=O)N(C3CCC(C)CC3)CC(=O)N2Cc2ccccc2Cl)c1OC. The van der Waals surface area contributed by atoms with Crippen molar-refractivity contribution in [2.75, 3.05) is 20.8 Å². The first-order chi connectivity index (χ1) is 15.9. The zero-order chi connectivity index (χ0) is 23.5. The first-order valence-electron chi connectivity index (χ1n) is 11.5. The molecule has 176 valence electrons. The molecule has 0 aromatic heterocycles. The molecule has 0 spiro atoms. The molecule has 1 atom stereocenters. The molecule has 2 aromatic rings. The Balaban J connectivity index is 1.76. The predicted molar refractivity (Wildman–Crippen MR) is 127 cm³/mol. The Hall–Kier alpha value is -2.73. The van der Waals surface area contributed by atoms with Crippen LogP contribution in [0.4, 0.5) is 0 Å². The molecule has 1 saturated heterocycles. The minimum absolute atomic E-state index is 0.0761. The van der Waals surface area contributed by atoms with Crippen LogP contribution in [0.5, 0.6) is 11.5 Å². The molecule has 1 aliphatic carbocycles. The van der Waals surface area contributed by atoms with Crippen LogP contribution in [0.2, 0.25) is 5.02 Å². The van der Waals surface area contributed by atoms with Crippen molar-refractivity contribution in [2.24, 2.45) is 5.92 Å². The fourth-order valence-electron chi connectivity index (χ4n) is 5.03. The van der Waals surface area contributed by atoms with Crippen molar-refractivity contribution in [3.8, 4) is 11.5 Å². The largest absolute Gasteiger partial charge is 0.493 e. The highest BCUT2D eigenvalue weighted by atomic mass is 35.5. The van der Waals surface area contributed by atoms with E-state index in [1.54, 1.807) is 36.2 Å². The fraction of sp³-hybridized carbons (Fsp3) is 0.462. The Morgan fingerprint density at radius 1 is 0.970 bits per heavy atom. The van der Waals surface area contributed by atoms with E-state index in [2.05, 4.69) is 6.92 Å². The minimum atomic E-state index is -0.813. The molecular weight excluding hydrogens is 440 g/mol. The highest BCUT2D eigenvalue weighted by molar-refractivity contribution is 6.31. The van der Waals surface area contributed by atoms with Crippen molar-refractivity contribution in [1.29, 1.82) is 0 Å².